The highest BCUT2D eigenvalue weighted by atomic mass is 32.2. The van der Waals surface area contributed by atoms with Crippen LogP contribution in [0.4, 0.5) is 0 Å². The molecule has 0 spiro atoms. The van der Waals surface area contributed by atoms with E-state index in [1.807, 2.05) is 4.90 Å². The number of nitrogens with one attached hydrogen (secondary N) is 2. The topological polar surface area (TPSA) is 135 Å². The zero-order chi connectivity index (χ0) is 21.6. The second-order valence-corrected chi connectivity index (χ2v) is 8.78. The van der Waals surface area contributed by atoms with Crippen LogP contribution in [0.15, 0.2) is 52.0 Å². The summed E-state index contributed by atoms with van der Waals surface area (Å²) >= 11 is 0. The van der Waals surface area contributed by atoms with Gasteiger partial charge in [-0.05, 0) is 55.6 Å². The molecule has 3 rings (SSSR count). The summed E-state index contributed by atoms with van der Waals surface area (Å²) in [6.45, 7) is 1.59. The van der Waals surface area contributed by atoms with E-state index >= 15 is 0 Å². The van der Waals surface area contributed by atoms with E-state index in [9.17, 15) is 18.0 Å². The number of hydrogen-bond acceptors (Lipinski definition) is 6. The lowest BCUT2D eigenvalue weighted by atomic mass is 10.1. The molecule has 1 fully saturated rings. The van der Waals surface area contributed by atoms with Gasteiger partial charge in [-0.25, -0.2) is 13.6 Å². The number of amides is 2. The Hall–Kier alpha value is -2.69. The minimum atomic E-state index is -3.71. The molecule has 30 heavy (non-hydrogen) atoms. The molecule has 1 atom stereocenters. The number of carbonyl (C=O) groups excluding carboxylic acids is 2. The van der Waals surface area contributed by atoms with Crippen LogP contribution in [0.2, 0.25) is 0 Å². The molecule has 2 amide bonds. The fraction of sp³-hybridized carbons (Fsp3) is 0.400. The van der Waals surface area contributed by atoms with Crippen molar-refractivity contribution in [3.05, 3.63) is 54.0 Å². The van der Waals surface area contributed by atoms with Gasteiger partial charge >= 0.3 is 0 Å². The molecule has 1 aliphatic rings. The van der Waals surface area contributed by atoms with Gasteiger partial charge in [0, 0.05) is 6.54 Å². The molecule has 1 aliphatic heterocycles. The number of primary sulfonamides is 1. The number of likely N-dealkylation sites (tertiary alicyclic amines) is 1. The highest BCUT2D eigenvalue weighted by Gasteiger charge is 2.31. The zero-order valence-corrected chi connectivity index (χ0v) is 17.4. The normalized spacial score (nSPS) is 17.0. The molecule has 1 saturated heterocycles. The quantitative estimate of drug-likeness (QED) is 0.522. The predicted molar refractivity (Wildman–Crippen MR) is 110 cm³/mol. The summed E-state index contributed by atoms with van der Waals surface area (Å²) in [5.74, 6) is 0.427. The van der Waals surface area contributed by atoms with Gasteiger partial charge in [-0.1, -0.05) is 12.1 Å². The van der Waals surface area contributed by atoms with E-state index < -0.39 is 10.0 Å². The van der Waals surface area contributed by atoms with E-state index in [0.29, 0.717) is 38.2 Å². The van der Waals surface area contributed by atoms with Crippen LogP contribution in [0.25, 0.3) is 0 Å². The molecule has 9 nitrogen and oxygen atoms in total. The lowest BCUT2D eigenvalue weighted by Gasteiger charge is -2.23. The Labute approximate surface area is 175 Å². The number of carbonyl (C=O) groups is 2. The van der Waals surface area contributed by atoms with Gasteiger partial charge < -0.3 is 15.1 Å². The summed E-state index contributed by atoms with van der Waals surface area (Å²) in [4.78, 5) is 26.7. The summed E-state index contributed by atoms with van der Waals surface area (Å²) in [6.07, 6.45) is 3.70. The summed E-state index contributed by atoms with van der Waals surface area (Å²) < 4.78 is 27.8. The SMILES string of the molecule is NS(=O)(=O)c1ccc(CCNC(=O)CN2CCCC2C(=O)NCc2ccco2)cc1. The molecule has 1 aromatic carbocycles. The molecular formula is C20H26N4O5S. The maximum atomic E-state index is 12.5. The molecule has 162 valence electrons. The second kappa shape index (κ2) is 9.88. The standard InChI is InChI=1S/C20H26N4O5S/c21-30(27,28)17-7-5-15(6-8-17)9-10-22-19(25)14-24-11-1-4-18(24)20(26)23-13-16-3-2-12-29-16/h2-3,5-8,12,18H,1,4,9-11,13-14H2,(H,22,25)(H,23,26)(H2,21,27,28). The molecular weight excluding hydrogens is 408 g/mol. The Morgan fingerprint density at radius 2 is 1.93 bits per heavy atom. The van der Waals surface area contributed by atoms with Gasteiger partial charge in [0.15, 0.2) is 0 Å². The lowest BCUT2D eigenvalue weighted by molar-refractivity contribution is -0.127. The van der Waals surface area contributed by atoms with E-state index in [2.05, 4.69) is 10.6 Å². The molecule has 0 radical (unpaired) electrons. The second-order valence-electron chi connectivity index (χ2n) is 7.21. The van der Waals surface area contributed by atoms with Gasteiger partial charge in [-0.15, -0.1) is 0 Å². The summed E-state index contributed by atoms with van der Waals surface area (Å²) in [6, 6.07) is 9.48. The van der Waals surface area contributed by atoms with Gasteiger partial charge in [0.2, 0.25) is 21.8 Å². The number of nitrogens with two attached hydrogens (primary N) is 1. The first-order chi connectivity index (χ1) is 14.3. The van der Waals surface area contributed by atoms with Crippen molar-refractivity contribution in [3.8, 4) is 0 Å². The molecule has 2 aromatic rings. The molecule has 0 bridgehead atoms. The van der Waals surface area contributed by atoms with Crippen LogP contribution in [0.3, 0.4) is 0 Å². The first kappa shape index (κ1) is 22.0. The van der Waals surface area contributed by atoms with E-state index in [-0.39, 0.29) is 29.3 Å². The van der Waals surface area contributed by atoms with Crippen molar-refractivity contribution < 1.29 is 22.4 Å². The van der Waals surface area contributed by atoms with Gasteiger partial charge in [0.25, 0.3) is 0 Å². The van der Waals surface area contributed by atoms with Crippen molar-refractivity contribution in [2.45, 2.75) is 36.7 Å². The van der Waals surface area contributed by atoms with Crippen LogP contribution in [-0.2, 0) is 32.6 Å². The van der Waals surface area contributed by atoms with E-state index in [1.165, 1.54) is 12.1 Å². The van der Waals surface area contributed by atoms with Crippen molar-refractivity contribution in [1.29, 1.82) is 0 Å². The Bertz CT molecular complexity index is 958. The molecule has 1 aromatic heterocycles. The van der Waals surface area contributed by atoms with Crippen LogP contribution in [-0.4, -0.2) is 50.8 Å². The average Bonchev–Trinajstić information content (AvgIpc) is 3.38. The van der Waals surface area contributed by atoms with Crippen molar-refractivity contribution >= 4 is 21.8 Å². The third-order valence-corrected chi connectivity index (χ3v) is 5.95. The van der Waals surface area contributed by atoms with Gasteiger partial charge in [0.05, 0.1) is 30.3 Å². The molecule has 1 unspecified atom stereocenters. The number of sulfonamides is 1. The van der Waals surface area contributed by atoms with E-state index in [4.69, 9.17) is 9.56 Å². The third-order valence-electron chi connectivity index (χ3n) is 5.02. The van der Waals surface area contributed by atoms with Crippen LogP contribution in [0.5, 0.6) is 0 Å². The van der Waals surface area contributed by atoms with Crippen LogP contribution < -0.4 is 15.8 Å². The maximum Gasteiger partial charge on any atom is 0.238 e. The lowest BCUT2D eigenvalue weighted by Crippen LogP contribution is -2.47. The van der Waals surface area contributed by atoms with Gasteiger partial charge in [0.1, 0.15) is 5.76 Å². The van der Waals surface area contributed by atoms with Gasteiger partial charge in [-0.2, -0.15) is 0 Å². The molecule has 0 aliphatic carbocycles. The highest BCUT2D eigenvalue weighted by molar-refractivity contribution is 7.89. The summed E-state index contributed by atoms with van der Waals surface area (Å²) in [5.41, 5.74) is 0.888. The van der Waals surface area contributed by atoms with E-state index in [0.717, 1.165) is 12.0 Å². The van der Waals surface area contributed by atoms with Crippen LogP contribution in [0.1, 0.15) is 24.2 Å². The molecule has 2 heterocycles. The monoisotopic (exact) mass is 434 g/mol. The first-order valence-electron chi connectivity index (χ1n) is 9.75. The fourth-order valence-electron chi connectivity index (χ4n) is 3.45. The predicted octanol–water partition coefficient (Wildman–Crippen LogP) is 0.367. The third kappa shape index (κ3) is 6.15. The highest BCUT2D eigenvalue weighted by Crippen LogP contribution is 2.17. The number of furan rings is 1. The Morgan fingerprint density at radius 3 is 2.60 bits per heavy atom. The summed E-state index contributed by atoms with van der Waals surface area (Å²) in [7, 11) is -3.71. The van der Waals surface area contributed by atoms with Crippen molar-refractivity contribution in [2.75, 3.05) is 19.6 Å². The van der Waals surface area contributed by atoms with Crippen molar-refractivity contribution in [1.82, 2.24) is 15.5 Å². The number of rotatable bonds is 9. The average molecular weight is 435 g/mol. The Kier molecular flexibility index (Phi) is 7.24. The number of benzene rings is 1. The Balaban J connectivity index is 1.41. The smallest absolute Gasteiger partial charge is 0.238 e. The number of hydrogen-bond donors (Lipinski definition) is 3. The van der Waals surface area contributed by atoms with E-state index in [1.54, 1.807) is 30.5 Å². The molecule has 4 N–H and O–H groups in total. The Morgan fingerprint density at radius 1 is 1.17 bits per heavy atom. The van der Waals surface area contributed by atoms with Gasteiger partial charge in [-0.3, -0.25) is 14.5 Å². The minimum Gasteiger partial charge on any atom is -0.467 e. The van der Waals surface area contributed by atoms with Crippen molar-refractivity contribution in [3.63, 3.8) is 0 Å². The largest absolute Gasteiger partial charge is 0.467 e. The number of nitrogens with zero attached hydrogens (tertiary/aromatic N) is 1. The van der Waals surface area contributed by atoms with Crippen molar-refractivity contribution in [2.24, 2.45) is 5.14 Å². The first-order valence-corrected chi connectivity index (χ1v) is 11.3. The molecule has 10 heteroatoms. The minimum absolute atomic E-state index is 0.0562. The molecule has 0 saturated carbocycles. The zero-order valence-electron chi connectivity index (χ0n) is 16.5. The summed E-state index contributed by atoms with van der Waals surface area (Å²) in [5, 5.41) is 10.8. The maximum absolute atomic E-state index is 12.5. The fourth-order valence-corrected chi connectivity index (χ4v) is 3.97. The van der Waals surface area contributed by atoms with Crippen LogP contribution in [0, 0.1) is 0 Å². The van der Waals surface area contributed by atoms with Crippen LogP contribution >= 0.6 is 0 Å².